The molecule has 1 N–H and O–H groups in total. The zero-order chi connectivity index (χ0) is 24.3. The summed E-state index contributed by atoms with van der Waals surface area (Å²) >= 11 is 0. The van der Waals surface area contributed by atoms with Gasteiger partial charge in [0.15, 0.2) is 5.82 Å². The van der Waals surface area contributed by atoms with Crippen molar-refractivity contribution in [2.24, 2.45) is 7.05 Å². The van der Waals surface area contributed by atoms with Gasteiger partial charge in [-0.25, -0.2) is 8.42 Å². The second-order valence-electron chi connectivity index (χ2n) is 8.80. The molecule has 1 aromatic heterocycles. The first-order valence-corrected chi connectivity index (χ1v) is 12.8. The van der Waals surface area contributed by atoms with Gasteiger partial charge in [-0.15, -0.1) is 0 Å². The summed E-state index contributed by atoms with van der Waals surface area (Å²) in [5, 5.41) is 7.26. The summed E-state index contributed by atoms with van der Waals surface area (Å²) in [5.74, 6) is -0.0739. The SMILES string of the molecule is Cc1ccc(S(=O)(=O)N(C)c2c(C(=O)NC3CCN(Cc4ccccc4)CC3)cnn2C)cc1. The lowest BCUT2D eigenvalue weighted by molar-refractivity contribution is 0.0909. The van der Waals surface area contributed by atoms with Crippen LogP contribution in [0.3, 0.4) is 0 Å². The second-order valence-corrected chi connectivity index (χ2v) is 10.8. The highest BCUT2D eigenvalue weighted by Crippen LogP contribution is 2.26. The number of likely N-dealkylation sites (tertiary alicyclic amines) is 1. The third-order valence-electron chi connectivity index (χ3n) is 6.30. The summed E-state index contributed by atoms with van der Waals surface area (Å²) in [5.41, 5.74) is 2.49. The molecular formula is C25H31N5O3S. The highest BCUT2D eigenvalue weighted by Gasteiger charge is 2.30. The number of carbonyl (C=O) groups is 1. The van der Waals surface area contributed by atoms with Gasteiger partial charge in [-0.2, -0.15) is 5.10 Å². The molecule has 4 rings (SSSR count). The van der Waals surface area contributed by atoms with Crippen LogP contribution in [0.15, 0.2) is 65.7 Å². The molecule has 9 heteroatoms. The molecule has 0 unspecified atom stereocenters. The van der Waals surface area contributed by atoms with E-state index in [4.69, 9.17) is 0 Å². The summed E-state index contributed by atoms with van der Waals surface area (Å²) in [4.78, 5) is 15.7. The number of hydrogen-bond donors (Lipinski definition) is 1. The zero-order valence-corrected chi connectivity index (χ0v) is 20.6. The average molecular weight is 482 g/mol. The van der Waals surface area contributed by atoms with E-state index in [1.165, 1.54) is 23.5 Å². The summed E-state index contributed by atoms with van der Waals surface area (Å²) in [6.07, 6.45) is 3.10. The number of amides is 1. The van der Waals surface area contributed by atoms with Crippen molar-refractivity contribution in [2.75, 3.05) is 24.4 Å². The van der Waals surface area contributed by atoms with Crippen LogP contribution < -0.4 is 9.62 Å². The molecular weight excluding hydrogens is 450 g/mol. The van der Waals surface area contributed by atoms with Gasteiger partial charge in [0.05, 0.1) is 11.1 Å². The van der Waals surface area contributed by atoms with E-state index < -0.39 is 10.0 Å². The molecule has 0 saturated carbocycles. The first kappa shape index (κ1) is 24.0. The van der Waals surface area contributed by atoms with Gasteiger partial charge in [0.2, 0.25) is 0 Å². The van der Waals surface area contributed by atoms with Gasteiger partial charge >= 0.3 is 0 Å². The fourth-order valence-electron chi connectivity index (χ4n) is 4.29. The predicted octanol–water partition coefficient (Wildman–Crippen LogP) is 2.95. The quantitative estimate of drug-likeness (QED) is 0.561. The molecule has 2 aromatic carbocycles. The Morgan fingerprint density at radius 1 is 1.09 bits per heavy atom. The summed E-state index contributed by atoms with van der Waals surface area (Å²) in [6, 6.07) is 17.0. The van der Waals surface area contributed by atoms with Crippen molar-refractivity contribution in [1.82, 2.24) is 20.0 Å². The van der Waals surface area contributed by atoms with Gasteiger partial charge < -0.3 is 5.32 Å². The minimum Gasteiger partial charge on any atom is -0.349 e. The highest BCUT2D eigenvalue weighted by molar-refractivity contribution is 7.92. The van der Waals surface area contributed by atoms with E-state index in [1.807, 2.05) is 25.1 Å². The number of hydrogen-bond acceptors (Lipinski definition) is 5. The van der Waals surface area contributed by atoms with Gasteiger partial charge in [0.25, 0.3) is 15.9 Å². The molecule has 180 valence electrons. The van der Waals surface area contributed by atoms with E-state index >= 15 is 0 Å². The van der Waals surface area contributed by atoms with E-state index in [0.717, 1.165) is 42.3 Å². The Kier molecular flexibility index (Phi) is 7.04. The monoisotopic (exact) mass is 481 g/mol. The van der Waals surface area contributed by atoms with Crippen LogP contribution >= 0.6 is 0 Å². The molecule has 1 aliphatic heterocycles. The van der Waals surface area contributed by atoms with Gasteiger partial charge in [-0.3, -0.25) is 18.7 Å². The topological polar surface area (TPSA) is 87.5 Å². The molecule has 8 nitrogen and oxygen atoms in total. The molecule has 1 fully saturated rings. The van der Waals surface area contributed by atoms with E-state index in [-0.39, 0.29) is 28.2 Å². The summed E-state index contributed by atoms with van der Waals surface area (Å²) < 4.78 is 28.9. The second kappa shape index (κ2) is 9.99. The van der Waals surface area contributed by atoms with E-state index in [2.05, 4.69) is 27.4 Å². The van der Waals surface area contributed by atoms with Crippen LogP contribution in [0.1, 0.15) is 34.3 Å². The van der Waals surface area contributed by atoms with E-state index in [9.17, 15) is 13.2 Å². The number of sulfonamides is 1. The maximum Gasteiger partial charge on any atom is 0.265 e. The van der Waals surface area contributed by atoms with Crippen LogP contribution in [0.5, 0.6) is 0 Å². The fraction of sp³-hybridized carbons (Fsp3) is 0.360. The average Bonchev–Trinajstić information content (AvgIpc) is 3.22. The maximum absolute atomic E-state index is 13.2. The van der Waals surface area contributed by atoms with Crippen LogP contribution in [0.4, 0.5) is 5.82 Å². The van der Waals surface area contributed by atoms with Gasteiger partial charge in [0.1, 0.15) is 5.56 Å². The fourth-order valence-corrected chi connectivity index (χ4v) is 5.53. The Morgan fingerprint density at radius 2 is 1.74 bits per heavy atom. The molecule has 0 aliphatic carbocycles. The number of piperidine rings is 1. The van der Waals surface area contributed by atoms with E-state index in [1.54, 1.807) is 31.3 Å². The maximum atomic E-state index is 13.2. The number of aromatic nitrogens is 2. The first-order chi connectivity index (χ1) is 16.3. The molecule has 0 atom stereocenters. The number of benzene rings is 2. The molecule has 0 bridgehead atoms. The summed E-state index contributed by atoms with van der Waals surface area (Å²) in [7, 11) is -0.758. The number of nitrogens with one attached hydrogen (secondary N) is 1. The van der Waals surface area contributed by atoms with E-state index in [0.29, 0.717) is 0 Å². The molecule has 0 radical (unpaired) electrons. The van der Waals surface area contributed by atoms with Crippen molar-refractivity contribution < 1.29 is 13.2 Å². The minimum absolute atomic E-state index is 0.0339. The third kappa shape index (κ3) is 5.15. The Balaban J connectivity index is 1.43. The van der Waals surface area contributed by atoms with Crippen LogP contribution in [0, 0.1) is 6.92 Å². The number of nitrogens with zero attached hydrogens (tertiary/aromatic N) is 4. The number of aryl methyl sites for hydroxylation is 2. The van der Waals surface area contributed by atoms with Crippen LogP contribution in [0.25, 0.3) is 0 Å². The highest BCUT2D eigenvalue weighted by atomic mass is 32.2. The largest absolute Gasteiger partial charge is 0.349 e. The van der Waals surface area contributed by atoms with Crippen molar-refractivity contribution in [1.29, 1.82) is 0 Å². The van der Waals surface area contributed by atoms with Gasteiger partial charge in [-0.05, 0) is 37.5 Å². The van der Waals surface area contributed by atoms with Crippen LogP contribution in [-0.2, 0) is 23.6 Å². The Morgan fingerprint density at radius 3 is 2.38 bits per heavy atom. The molecule has 1 amide bonds. The predicted molar refractivity (Wildman–Crippen MR) is 132 cm³/mol. The normalized spacial score (nSPS) is 15.3. The van der Waals surface area contributed by atoms with Crippen molar-refractivity contribution in [2.45, 2.75) is 37.2 Å². The molecule has 1 saturated heterocycles. The smallest absolute Gasteiger partial charge is 0.265 e. The third-order valence-corrected chi connectivity index (χ3v) is 8.06. The molecule has 0 spiro atoms. The van der Waals surface area contributed by atoms with Crippen molar-refractivity contribution >= 4 is 21.7 Å². The number of carbonyl (C=O) groups excluding carboxylic acids is 1. The number of anilines is 1. The van der Waals surface area contributed by atoms with Gasteiger partial charge in [-0.1, -0.05) is 48.0 Å². The first-order valence-electron chi connectivity index (χ1n) is 11.4. The Labute approximate surface area is 201 Å². The molecule has 2 heterocycles. The Hall–Kier alpha value is -3.17. The van der Waals surface area contributed by atoms with Crippen molar-refractivity contribution in [3.05, 3.63) is 77.5 Å². The van der Waals surface area contributed by atoms with Crippen LogP contribution in [0.2, 0.25) is 0 Å². The molecule has 3 aromatic rings. The summed E-state index contributed by atoms with van der Waals surface area (Å²) in [6.45, 7) is 4.58. The minimum atomic E-state index is -3.84. The lowest BCUT2D eigenvalue weighted by Gasteiger charge is -2.32. The lowest BCUT2D eigenvalue weighted by Crippen LogP contribution is -2.44. The Bertz CT molecular complexity index is 1230. The molecule has 34 heavy (non-hydrogen) atoms. The standard InChI is InChI=1S/C25H31N5O3S/c1-19-9-11-22(12-10-19)34(32,33)29(3)25-23(17-26-28(25)2)24(31)27-21-13-15-30(16-14-21)18-20-7-5-4-6-8-20/h4-12,17,21H,13-16,18H2,1-3H3,(H,27,31). The lowest BCUT2D eigenvalue weighted by atomic mass is 10.0. The van der Waals surface area contributed by atoms with Crippen molar-refractivity contribution in [3.8, 4) is 0 Å². The van der Waals surface area contributed by atoms with Gasteiger partial charge in [0, 0.05) is 39.8 Å². The molecule has 1 aliphatic rings. The van der Waals surface area contributed by atoms with Crippen molar-refractivity contribution in [3.63, 3.8) is 0 Å². The van der Waals surface area contributed by atoms with Crippen LogP contribution in [-0.4, -0.2) is 55.2 Å². The number of rotatable bonds is 7. The zero-order valence-electron chi connectivity index (χ0n) is 19.8.